The fraction of sp³-hybridized carbons (Fsp3) is 0.417. The van der Waals surface area contributed by atoms with Gasteiger partial charge in [-0.05, 0) is 30.7 Å². The summed E-state index contributed by atoms with van der Waals surface area (Å²) in [6.07, 6.45) is -4.59. The van der Waals surface area contributed by atoms with E-state index in [0.717, 1.165) is 5.56 Å². The van der Waals surface area contributed by atoms with Crippen LogP contribution in [0.1, 0.15) is 5.56 Å². The molecule has 0 aliphatic heterocycles. The Morgan fingerprint density at radius 1 is 1.50 bits per heavy atom. The standard InChI is InChI=1S/C12H16F3N3O2/c1-7-5-8(20-2)3-4-10(7)17-6-9(11(16)18-19)12(13,14)15/h3-5,9,17,19H,6H2,1-2H3,(H2,16,18). The number of hydrogen-bond donors (Lipinski definition) is 3. The summed E-state index contributed by atoms with van der Waals surface area (Å²) in [6, 6.07) is 4.92. The third-order valence-corrected chi connectivity index (χ3v) is 2.80. The van der Waals surface area contributed by atoms with E-state index in [-0.39, 0.29) is 0 Å². The van der Waals surface area contributed by atoms with E-state index in [9.17, 15) is 13.2 Å². The van der Waals surface area contributed by atoms with Crippen LogP contribution in [0.4, 0.5) is 18.9 Å². The summed E-state index contributed by atoms with van der Waals surface area (Å²) < 4.78 is 43.2. The highest BCUT2D eigenvalue weighted by molar-refractivity contribution is 5.83. The Labute approximate surface area is 114 Å². The fourth-order valence-corrected chi connectivity index (χ4v) is 1.63. The van der Waals surface area contributed by atoms with Gasteiger partial charge in [-0.3, -0.25) is 0 Å². The maximum absolute atomic E-state index is 12.7. The first-order chi connectivity index (χ1) is 9.29. The number of alkyl halides is 3. The summed E-state index contributed by atoms with van der Waals surface area (Å²) in [7, 11) is 1.50. The second-order valence-electron chi connectivity index (χ2n) is 4.18. The molecule has 0 saturated heterocycles. The topological polar surface area (TPSA) is 79.9 Å². The van der Waals surface area contributed by atoms with Gasteiger partial charge in [0.15, 0.2) is 5.84 Å². The van der Waals surface area contributed by atoms with Crippen molar-refractivity contribution in [2.45, 2.75) is 13.1 Å². The molecule has 1 unspecified atom stereocenters. The van der Waals surface area contributed by atoms with Crippen molar-refractivity contribution in [2.75, 3.05) is 19.0 Å². The molecule has 0 saturated carbocycles. The van der Waals surface area contributed by atoms with Gasteiger partial charge in [-0.25, -0.2) is 0 Å². The minimum atomic E-state index is -4.59. The van der Waals surface area contributed by atoms with Crippen LogP contribution in [-0.2, 0) is 0 Å². The van der Waals surface area contributed by atoms with Gasteiger partial charge in [0.2, 0.25) is 0 Å². The summed E-state index contributed by atoms with van der Waals surface area (Å²) in [6.45, 7) is 1.21. The molecular formula is C12H16F3N3O2. The molecule has 5 nitrogen and oxygen atoms in total. The predicted molar refractivity (Wildman–Crippen MR) is 69.2 cm³/mol. The minimum Gasteiger partial charge on any atom is -0.497 e. The second kappa shape index (κ2) is 6.36. The number of benzene rings is 1. The second-order valence-corrected chi connectivity index (χ2v) is 4.18. The van der Waals surface area contributed by atoms with Crippen LogP contribution in [0.3, 0.4) is 0 Å². The molecule has 0 aromatic heterocycles. The van der Waals surface area contributed by atoms with Crippen LogP contribution in [0.15, 0.2) is 23.4 Å². The maximum atomic E-state index is 12.7. The molecule has 0 spiro atoms. The fourth-order valence-electron chi connectivity index (χ4n) is 1.63. The zero-order chi connectivity index (χ0) is 15.3. The van der Waals surface area contributed by atoms with Crippen molar-refractivity contribution in [3.63, 3.8) is 0 Å². The molecule has 1 rings (SSSR count). The van der Waals surface area contributed by atoms with Crippen LogP contribution in [0.5, 0.6) is 5.75 Å². The van der Waals surface area contributed by atoms with Crippen LogP contribution in [0.25, 0.3) is 0 Å². The maximum Gasteiger partial charge on any atom is 0.400 e. The van der Waals surface area contributed by atoms with Crippen LogP contribution in [0, 0.1) is 12.8 Å². The number of nitrogens with two attached hydrogens (primary N) is 1. The van der Waals surface area contributed by atoms with Gasteiger partial charge in [0, 0.05) is 12.2 Å². The molecule has 0 bridgehead atoms. The highest BCUT2D eigenvalue weighted by Gasteiger charge is 2.42. The summed E-state index contributed by atoms with van der Waals surface area (Å²) in [5, 5.41) is 13.5. The molecule has 8 heteroatoms. The molecule has 1 aromatic rings. The van der Waals surface area contributed by atoms with Crippen molar-refractivity contribution in [1.29, 1.82) is 0 Å². The van der Waals surface area contributed by atoms with E-state index >= 15 is 0 Å². The van der Waals surface area contributed by atoms with Gasteiger partial charge in [0.1, 0.15) is 11.7 Å². The molecule has 0 aliphatic rings. The third kappa shape index (κ3) is 3.94. The number of halogens is 3. The Kier molecular flexibility index (Phi) is 5.06. The summed E-state index contributed by atoms with van der Waals surface area (Å²) in [5.74, 6) is -2.33. The van der Waals surface area contributed by atoms with E-state index in [1.807, 2.05) is 0 Å². The van der Waals surface area contributed by atoms with E-state index in [1.54, 1.807) is 25.1 Å². The molecule has 1 aromatic carbocycles. The minimum absolute atomic E-state index is 0.519. The lowest BCUT2D eigenvalue weighted by Gasteiger charge is -2.20. The van der Waals surface area contributed by atoms with Gasteiger partial charge in [0.25, 0.3) is 0 Å². The van der Waals surface area contributed by atoms with Gasteiger partial charge in [0.05, 0.1) is 7.11 Å². The first kappa shape index (κ1) is 15.9. The molecule has 20 heavy (non-hydrogen) atoms. The highest BCUT2D eigenvalue weighted by atomic mass is 19.4. The number of aryl methyl sites for hydroxylation is 1. The zero-order valence-electron chi connectivity index (χ0n) is 11.0. The summed E-state index contributed by atoms with van der Waals surface area (Å²) in [4.78, 5) is 0. The predicted octanol–water partition coefficient (Wildman–Crippen LogP) is 2.34. The van der Waals surface area contributed by atoms with E-state index in [2.05, 4.69) is 10.5 Å². The Balaban J connectivity index is 2.83. The zero-order valence-corrected chi connectivity index (χ0v) is 11.0. The van der Waals surface area contributed by atoms with Crippen molar-refractivity contribution >= 4 is 11.5 Å². The van der Waals surface area contributed by atoms with E-state index in [1.165, 1.54) is 7.11 Å². The number of rotatable bonds is 5. The average Bonchev–Trinajstić information content (AvgIpc) is 2.38. The Morgan fingerprint density at radius 3 is 2.60 bits per heavy atom. The first-order valence-corrected chi connectivity index (χ1v) is 5.72. The van der Waals surface area contributed by atoms with Crippen LogP contribution in [0.2, 0.25) is 0 Å². The van der Waals surface area contributed by atoms with Crippen molar-refractivity contribution < 1.29 is 23.1 Å². The van der Waals surface area contributed by atoms with Gasteiger partial charge >= 0.3 is 6.18 Å². The third-order valence-electron chi connectivity index (χ3n) is 2.80. The number of ether oxygens (including phenoxy) is 1. The Bertz CT molecular complexity index is 489. The molecule has 112 valence electrons. The normalized spacial score (nSPS) is 13.9. The summed E-state index contributed by atoms with van der Waals surface area (Å²) in [5.41, 5.74) is 6.32. The number of anilines is 1. The average molecular weight is 291 g/mol. The lowest BCUT2D eigenvalue weighted by molar-refractivity contribution is -0.152. The van der Waals surface area contributed by atoms with Gasteiger partial charge < -0.3 is 21.0 Å². The van der Waals surface area contributed by atoms with Gasteiger partial charge in [-0.2, -0.15) is 13.2 Å². The molecule has 0 amide bonds. The van der Waals surface area contributed by atoms with Crippen LogP contribution < -0.4 is 15.8 Å². The van der Waals surface area contributed by atoms with Crippen molar-refractivity contribution in [2.24, 2.45) is 16.8 Å². The molecular weight excluding hydrogens is 275 g/mol. The Morgan fingerprint density at radius 2 is 2.15 bits per heavy atom. The molecule has 0 fully saturated rings. The largest absolute Gasteiger partial charge is 0.497 e. The Hall–Kier alpha value is -2.12. The van der Waals surface area contributed by atoms with Gasteiger partial charge in [-0.1, -0.05) is 5.16 Å². The van der Waals surface area contributed by atoms with Crippen molar-refractivity contribution in [3.05, 3.63) is 23.8 Å². The van der Waals surface area contributed by atoms with Gasteiger partial charge in [-0.15, -0.1) is 0 Å². The molecule has 0 heterocycles. The molecule has 0 radical (unpaired) electrons. The molecule has 1 atom stereocenters. The molecule has 4 N–H and O–H groups in total. The van der Waals surface area contributed by atoms with E-state index < -0.39 is 24.5 Å². The monoisotopic (exact) mass is 291 g/mol. The number of nitrogens with zero attached hydrogens (tertiary/aromatic N) is 1. The first-order valence-electron chi connectivity index (χ1n) is 5.72. The van der Waals surface area contributed by atoms with E-state index in [4.69, 9.17) is 15.7 Å². The van der Waals surface area contributed by atoms with E-state index in [0.29, 0.717) is 11.4 Å². The van der Waals surface area contributed by atoms with Crippen LogP contribution in [-0.4, -0.2) is 30.9 Å². The molecule has 0 aliphatic carbocycles. The van der Waals surface area contributed by atoms with Crippen molar-refractivity contribution in [3.8, 4) is 5.75 Å². The quantitative estimate of drug-likeness (QED) is 0.337. The lowest BCUT2D eigenvalue weighted by Crippen LogP contribution is -2.40. The number of methoxy groups -OCH3 is 1. The number of hydrogen-bond acceptors (Lipinski definition) is 4. The number of amidine groups is 1. The summed E-state index contributed by atoms with van der Waals surface area (Å²) >= 11 is 0. The number of oxime groups is 1. The van der Waals surface area contributed by atoms with Crippen molar-refractivity contribution in [1.82, 2.24) is 0 Å². The smallest absolute Gasteiger partial charge is 0.400 e. The van der Waals surface area contributed by atoms with Crippen LogP contribution >= 0.6 is 0 Å². The lowest BCUT2D eigenvalue weighted by atomic mass is 10.1. The number of nitrogens with one attached hydrogen (secondary N) is 1. The SMILES string of the molecule is COc1ccc(NCC(/C(N)=N/O)C(F)(F)F)c(C)c1. The highest BCUT2D eigenvalue weighted by Crippen LogP contribution is 2.28.